The minimum Gasteiger partial charge on any atom is -0.495 e. The van der Waals surface area contributed by atoms with Crippen molar-refractivity contribution in [2.75, 3.05) is 20.3 Å². The van der Waals surface area contributed by atoms with Gasteiger partial charge in [-0.15, -0.1) is 0 Å². The fraction of sp³-hybridized carbons (Fsp3) is 0.250. The predicted octanol–water partition coefficient (Wildman–Crippen LogP) is 4.36. The number of amidine groups is 1. The molecule has 0 bridgehead atoms. The largest absolute Gasteiger partial charge is 0.495 e. The van der Waals surface area contributed by atoms with Crippen molar-refractivity contribution < 1.29 is 23.1 Å². The number of ether oxygens (including phenoxy) is 2. The second-order valence-electron chi connectivity index (χ2n) is 7.98. The number of hydrogen-bond donors (Lipinski definition) is 0. The Bertz CT molecular complexity index is 1290. The molecule has 2 aliphatic rings. The Morgan fingerprint density at radius 1 is 1.18 bits per heavy atom. The average molecular weight is 452 g/mol. The first-order valence-corrected chi connectivity index (χ1v) is 10.4. The summed E-state index contributed by atoms with van der Waals surface area (Å²) in [6, 6.07) is 9.17. The molecule has 1 atom stereocenters. The summed E-state index contributed by atoms with van der Waals surface area (Å²) >= 11 is 0. The van der Waals surface area contributed by atoms with Crippen LogP contribution in [0.2, 0.25) is 0 Å². The van der Waals surface area contributed by atoms with Crippen LogP contribution in [0.1, 0.15) is 23.7 Å². The van der Waals surface area contributed by atoms with Gasteiger partial charge in [-0.05, 0) is 42.8 Å². The number of oxime groups is 1. The van der Waals surface area contributed by atoms with Crippen LogP contribution < -0.4 is 4.74 Å². The number of rotatable bonds is 4. The number of imidazole rings is 1. The van der Waals surface area contributed by atoms with E-state index in [-0.39, 0.29) is 5.56 Å². The summed E-state index contributed by atoms with van der Waals surface area (Å²) in [5.41, 5.74) is 1.57. The lowest BCUT2D eigenvalue weighted by atomic mass is 10.0. The van der Waals surface area contributed by atoms with E-state index in [1.54, 1.807) is 20.4 Å². The maximum atomic E-state index is 14.5. The summed E-state index contributed by atoms with van der Waals surface area (Å²) < 4.78 is 41.3. The van der Waals surface area contributed by atoms with E-state index in [0.717, 1.165) is 23.0 Å². The van der Waals surface area contributed by atoms with E-state index in [1.165, 1.54) is 12.1 Å². The summed E-state index contributed by atoms with van der Waals surface area (Å²) in [5.74, 6) is 0.254. The molecule has 9 heteroatoms. The molecule has 0 amide bonds. The Kier molecular flexibility index (Phi) is 5.03. The van der Waals surface area contributed by atoms with Crippen LogP contribution in [-0.2, 0) is 15.3 Å². The standard InChI is InChI=1S/C24H22F2N4O3/c1-15-13-29(14-27-15)20-7-4-16(10-21(20)31-3)11-22-23-28-33-24(2,30(23)8-9-32-22)18-6-5-17(25)12-19(18)26/h4-7,10-14H,8-9H2,1-3H3. The molecule has 1 unspecified atom stereocenters. The van der Waals surface area contributed by atoms with Crippen LogP contribution >= 0.6 is 0 Å². The quantitative estimate of drug-likeness (QED) is 0.589. The van der Waals surface area contributed by atoms with Crippen molar-refractivity contribution in [1.82, 2.24) is 14.5 Å². The second-order valence-corrected chi connectivity index (χ2v) is 7.98. The zero-order valence-corrected chi connectivity index (χ0v) is 18.4. The maximum absolute atomic E-state index is 14.5. The molecule has 3 heterocycles. The molecule has 0 saturated carbocycles. The fourth-order valence-electron chi connectivity index (χ4n) is 4.11. The molecule has 170 valence electrons. The molecule has 3 aromatic rings. The number of aromatic nitrogens is 2. The van der Waals surface area contributed by atoms with Gasteiger partial charge in [0.2, 0.25) is 11.6 Å². The molecule has 7 nitrogen and oxygen atoms in total. The van der Waals surface area contributed by atoms with Crippen LogP contribution in [-0.4, -0.2) is 40.5 Å². The monoisotopic (exact) mass is 452 g/mol. The van der Waals surface area contributed by atoms with Crippen LogP contribution in [0.15, 0.2) is 59.8 Å². The molecular formula is C24H22F2N4O3. The molecule has 33 heavy (non-hydrogen) atoms. The maximum Gasteiger partial charge on any atom is 0.237 e. The Balaban J connectivity index is 1.47. The Morgan fingerprint density at radius 3 is 2.76 bits per heavy atom. The van der Waals surface area contributed by atoms with Gasteiger partial charge >= 0.3 is 0 Å². The van der Waals surface area contributed by atoms with Crippen molar-refractivity contribution in [2.45, 2.75) is 19.6 Å². The number of morpholine rings is 1. The van der Waals surface area contributed by atoms with Gasteiger partial charge in [-0.2, -0.15) is 0 Å². The number of hydrogen-bond acceptors (Lipinski definition) is 6. The van der Waals surface area contributed by atoms with Crippen LogP contribution in [0.3, 0.4) is 0 Å². The molecule has 2 aliphatic heterocycles. The number of aryl methyl sites for hydroxylation is 1. The fourth-order valence-corrected chi connectivity index (χ4v) is 4.11. The van der Waals surface area contributed by atoms with Crippen molar-refractivity contribution in [2.24, 2.45) is 5.16 Å². The number of benzene rings is 2. The van der Waals surface area contributed by atoms with E-state index in [0.29, 0.717) is 30.5 Å². The van der Waals surface area contributed by atoms with E-state index in [2.05, 4.69) is 10.1 Å². The van der Waals surface area contributed by atoms with Gasteiger partial charge in [0.15, 0.2) is 5.76 Å². The summed E-state index contributed by atoms with van der Waals surface area (Å²) in [6.07, 6.45) is 5.47. The summed E-state index contributed by atoms with van der Waals surface area (Å²) in [4.78, 5) is 11.8. The third kappa shape index (κ3) is 3.59. The van der Waals surface area contributed by atoms with Gasteiger partial charge in [0.05, 0.1) is 36.9 Å². The topological polar surface area (TPSA) is 61.1 Å². The highest BCUT2D eigenvalue weighted by atomic mass is 19.1. The van der Waals surface area contributed by atoms with Crippen LogP contribution in [0.25, 0.3) is 11.8 Å². The minimum absolute atomic E-state index is 0.200. The Hall–Kier alpha value is -3.88. The Morgan fingerprint density at radius 2 is 2.03 bits per heavy atom. The smallest absolute Gasteiger partial charge is 0.237 e. The lowest BCUT2D eigenvalue weighted by molar-refractivity contribution is -0.0989. The summed E-state index contributed by atoms with van der Waals surface area (Å²) in [7, 11) is 1.61. The third-order valence-electron chi connectivity index (χ3n) is 5.80. The van der Waals surface area contributed by atoms with E-state index in [1.807, 2.05) is 46.9 Å². The Labute approximate surface area is 189 Å². The molecule has 0 aliphatic carbocycles. The molecule has 2 aromatic carbocycles. The molecule has 1 aromatic heterocycles. The van der Waals surface area contributed by atoms with Crippen molar-refractivity contribution in [1.29, 1.82) is 0 Å². The number of nitrogens with zero attached hydrogens (tertiary/aromatic N) is 4. The highest BCUT2D eigenvalue weighted by Gasteiger charge is 2.48. The normalized spacial score (nSPS) is 20.8. The first kappa shape index (κ1) is 21.0. The summed E-state index contributed by atoms with van der Waals surface area (Å²) in [5, 5.41) is 4.18. The van der Waals surface area contributed by atoms with E-state index < -0.39 is 17.4 Å². The van der Waals surface area contributed by atoms with E-state index in [4.69, 9.17) is 14.3 Å². The zero-order valence-electron chi connectivity index (χ0n) is 18.4. The van der Waals surface area contributed by atoms with Crippen molar-refractivity contribution in [3.63, 3.8) is 0 Å². The van der Waals surface area contributed by atoms with Crippen LogP contribution in [0.5, 0.6) is 5.75 Å². The van der Waals surface area contributed by atoms with Gasteiger partial charge in [0.1, 0.15) is 24.0 Å². The minimum atomic E-state index is -1.21. The van der Waals surface area contributed by atoms with Gasteiger partial charge in [-0.1, -0.05) is 11.2 Å². The van der Waals surface area contributed by atoms with Gasteiger partial charge in [0, 0.05) is 19.2 Å². The van der Waals surface area contributed by atoms with Crippen molar-refractivity contribution in [3.8, 4) is 11.4 Å². The lowest BCUT2D eigenvalue weighted by Gasteiger charge is -2.37. The summed E-state index contributed by atoms with van der Waals surface area (Å²) in [6.45, 7) is 4.42. The van der Waals surface area contributed by atoms with Gasteiger partial charge in [-0.3, -0.25) is 0 Å². The average Bonchev–Trinajstić information content (AvgIpc) is 3.38. The molecule has 0 spiro atoms. The van der Waals surface area contributed by atoms with Crippen molar-refractivity contribution in [3.05, 3.63) is 83.1 Å². The third-order valence-corrected chi connectivity index (χ3v) is 5.80. The molecule has 5 rings (SSSR count). The first-order chi connectivity index (χ1) is 15.9. The van der Waals surface area contributed by atoms with E-state index in [9.17, 15) is 8.78 Å². The molecule has 1 saturated heterocycles. The lowest BCUT2D eigenvalue weighted by Crippen LogP contribution is -2.49. The number of fused-ring (bicyclic) bond motifs is 1. The van der Waals surface area contributed by atoms with E-state index >= 15 is 0 Å². The van der Waals surface area contributed by atoms with Crippen LogP contribution in [0.4, 0.5) is 8.78 Å². The zero-order chi connectivity index (χ0) is 23.2. The highest BCUT2D eigenvalue weighted by Crippen LogP contribution is 2.39. The number of halogens is 2. The first-order valence-electron chi connectivity index (χ1n) is 10.4. The number of methoxy groups -OCH3 is 1. The van der Waals surface area contributed by atoms with Gasteiger partial charge in [0.25, 0.3) is 0 Å². The molecule has 0 N–H and O–H groups in total. The van der Waals surface area contributed by atoms with Crippen LogP contribution in [0, 0.1) is 18.6 Å². The predicted molar refractivity (Wildman–Crippen MR) is 118 cm³/mol. The van der Waals surface area contributed by atoms with Crippen molar-refractivity contribution >= 4 is 11.9 Å². The van der Waals surface area contributed by atoms with Gasteiger partial charge < -0.3 is 23.8 Å². The molecule has 0 radical (unpaired) electrons. The SMILES string of the molecule is COc1cc(C=C2OCCN3C2=NOC3(C)c2ccc(F)cc2F)ccc1-n1cnc(C)c1. The second kappa shape index (κ2) is 7.91. The highest BCUT2D eigenvalue weighted by molar-refractivity contribution is 6.01. The molecule has 1 fully saturated rings. The van der Waals surface area contributed by atoms with Gasteiger partial charge in [-0.25, -0.2) is 13.8 Å². The molecular weight excluding hydrogens is 430 g/mol.